The lowest BCUT2D eigenvalue weighted by molar-refractivity contribution is 0.0305. The van der Waals surface area contributed by atoms with Crippen molar-refractivity contribution in [2.45, 2.75) is 20.4 Å². The van der Waals surface area contributed by atoms with Gasteiger partial charge in [-0.2, -0.15) is 0 Å². The summed E-state index contributed by atoms with van der Waals surface area (Å²) in [6.07, 6.45) is 0. The zero-order valence-corrected chi connectivity index (χ0v) is 13.5. The Morgan fingerprint density at radius 1 is 1.30 bits per heavy atom. The second-order valence-corrected chi connectivity index (χ2v) is 5.77. The molecule has 1 amide bonds. The Balaban J connectivity index is 1.65. The largest absolute Gasteiger partial charge is 0.379 e. The summed E-state index contributed by atoms with van der Waals surface area (Å²) < 4.78 is 10.6. The van der Waals surface area contributed by atoms with Crippen molar-refractivity contribution in [1.82, 2.24) is 10.1 Å². The van der Waals surface area contributed by atoms with Gasteiger partial charge in [0.05, 0.1) is 19.8 Å². The molecule has 23 heavy (non-hydrogen) atoms. The lowest BCUT2D eigenvalue weighted by Crippen LogP contribution is -2.35. The summed E-state index contributed by atoms with van der Waals surface area (Å²) >= 11 is 0. The van der Waals surface area contributed by atoms with Gasteiger partial charge in [0.15, 0.2) is 11.5 Å². The Morgan fingerprint density at radius 3 is 2.87 bits per heavy atom. The van der Waals surface area contributed by atoms with Crippen LogP contribution in [0.1, 0.15) is 27.4 Å². The maximum Gasteiger partial charge on any atom is 0.277 e. The molecule has 6 nitrogen and oxygen atoms in total. The highest BCUT2D eigenvalue weighted by molar-refractivity contribution is 6.03. The van der Waals surface area contributed by atoms with Crippen LogP contribution in [0.25, 0.3) is 0 Å². The fourth-order valence-corrected chi connectivity index (χ4v) is 2.55. The van der Waals surface area contributed by atoms with Crippen LogP contribution >= 0.6 is 0 Å². The zero-order chi connectivity index (χ0) is 16.2. The summed E-state index contributed by atoms with van der Waals surface area (Å²) in [7, 11) is 0. The average Bonchev–Trinajstić information content (AvgIpc) is 3.01. The molecule has 2 heterocycles. The molecule has 0 bridgehead atoms. The summed E-state index contributed by atoms with van der Waals surface area (Å²) in [5.41, 5.74) is 3.29. The van der Waals surface area contributed by atoms with E-state index >= 15 is 0 Å². The van der Waals surface area contributed by atoms with Crippen molar-refractivity contribution in [1.29, 1.82) is 0 Å². The molecule has 1 N–H and O–H groups in total. The first-order valence-corrected chi connectivity index (χ1v) is 7.77. The van der Waals surface area contributed by atoms with Crippen LogP contribution in [0.2, 0.25) is 0 Å². The number of amides is 1. The number of morpholine rings is 1. The molecular formula is C17H21N3O3. The predicted molar refractivity (Wildman–Crippen MR) is 86.5 cm³/mol. The molecule has 0 spiro atoms. The normalized spacial score (nSPS) is 15.6. The van der Waals surface area contributed by atoms with Crippen LogP contribution in [0.3, 0.4) is 0 Å². The monoisotopic (exact) mass is 315 g/mol. The van der Waals surface area contributed by atoms with Crippen LogP contribution in [0, 0.1) is 13.8 Å². The number of hydrogen-bond donors (Lipinski definition) is 1. The average molecular weight is 315 g/mol. The predicted octanol–water partition coefficient (Wildman–Crippen LogP) is 2.38. The van der Waals surface area contributed by atoms with Crippen LogP contribution in [0.4, 0.5) is 5.69 Å². The Hall–Kier alpha value is -2.18. The molecule has 0 atom stereocenters. The van der Waals surface area contributed by atoms with Crippen LogP contribution < -0.4 is 5.32 Å². The Bertz CT molecular complexity index is 690. The van der Waals surface area contributed by atoms with Crippen molar-refractivity contribution in [2.75, 3.05) is 31.6 Å². The molecule has 0 aliphatic carbocycles. The van der Waals surface area contributed by atoms with E-state index in [2.05, 4.69) is 15.4 Å². The molecule has 1 aliphatic heterocycles. The number of aromatic nitrogens is 1. The van der Waals surface area contributed by atoms with Gasteiger partial charge in [0, 0.05) is 24.8 Å². The van der Waals surface area contributed by atoms with E-state index in [4.69, 9.17) is 9.26 Å². The van der Waals surface area contributed by atoms with Gasteiger partial charge >= 0.3 is 0 Å². The van der Waals surface area contributed by atoms with Crippen LogP contribution in [0.15, 0.2) is 28.8 Å². The van der Waals surface area contributed by atoms with E-state index in [0.717, 1.165) is 43.1 Å². The highest BCUT2D eigenvalue weighted by Gasteiger charge is 2.17. The van der Waals surface area contributed by atoms with Gasteiger partial charge < -0.3 is 14.6 Å². The van der Waals surface area contributed by atoms with Crippen molar-refractivity contribution in [2.24, 2.45) is 0 Å². The number of nitrogens with zero attached hydrogens (tertiary/aromatic N) is 2. The zero-order valence-electron chi connectivity index (χ0n) is 13.5. The molecule has 1 aromatic heterocycles. The van der Waals surface area contributed by atoms with Crippen molar-refractivity contribution in [3.05, 3.63) is 46.8 Å². The lowest BCUT2D eigenvalue weighted by Gasteiger charge is -2.25. The van der Waals surface area contributed by atoms with E-state index < -0.39 is 0 Å². The third-order valence-corrected chi connectivity index (χ3v) is 4.13. The van der Waals surface area contributed by atoms with E-state index in [1.807, 2.05) is 32.0 Å². The van der Waals surface area contributed by atoms with Crippen LogP contribution in [-0.4, -0.2) is 42.3 Å². The summed E-state index contributed by atoms with van der Waals surface area (Å²) in [4.78, 5) is 14.5. The Morgan fingerprint density at radius 2 is 2.09 bits per heavy atom. The molecule has 0 unspecified atom stereocenters. The number of nitrogens with one attached hydrogen (secondary N) is 1. The van der Waals surface area contributed by atoms with Gasteiger partial charge in [0.1, 0.15) is 0 Å². The highest BCUT2D eigenvalue weighted by Crippen LogP contribution is 2.19. The lowest BCUT2D eigenvalue weighted by atomic mass is 10.1. The van der Waals surface area contributed by atoms with Gasteiger partial charge in [-0.3, -0.25) is 9.69 Å². The Labute approximate surface area is 135 Å². The maximum atomic E-state index is 12.3. The topological polar surface area (TPSA) is 67.6 Å². The van der Waals surface area contributed by atoms with Crippen molar-refractivity contribution < 1.29 is 14.1 Å². The fourth-order valence-electron chi connectivity index (χ4n) is 2.55. The molecule has 1 fully saturated rings. The molecular weight excluding hydrogens is 294 g/mol. The first-order chi connectivity index (χ1) is 11.1. The van der Waals surface area contributed by atoms with E-state index in [1.54, 1.807) is 6.07 Å². The molecule has 1 saturated heterocycles. The number of carbonyl (C=O) groups is 1. The van der Waals surface area contributed by atoms with Crippen molar-refractivity contribution >= 4 is 11.6 Å². The third-order valence-electron chi connectivity index (χ3n) is 4.13. The minimum atomic E-state index is -0.254. The van der Waals surface area contributed by atoms with Gasteiger partial charge in [-0.1, -0.05) is 17.3 Å². The van der Waals surface area contributed by atoms with E-state index in [0.29, 0.717) is 18.0 Å². The minimum Gasteiger partial charge on any atom is -0.379 e. The van der Waals surface area contributed by atoms with Gasteiger partial charge in [-0.15, -0.1) is 0 Å². The standard InChI is InChI=1S/C17H21N3O3/c1-12-4-3-5-15(13(12)2)18-17(21)16-10-14(23-19-16)11-20-6-8-22-9-7-20/h3-5,10H,6-9,11H2,1-2H3,(H,18,21). The summed E-state index contributed by atoms with van der Waals surface area (Å²) in [6, 6.07) is 7.52. The van der Waals surface area contributed by atoms with Gasteiger partial charge in [0.2, 0.25) is 0 Å². The second kappa shape index (κ2) is 6.93. The molecule has 0 saturated carbocycles. The molecule has 1 aliphatic rings. The summed E-state index contributed by atoms with van der Waals surface area (Å²) in [6.45, 7) is 7.84. The maximum absolute atomic E-state index is 12.3. The van der Waals surface area contributed by atoms with Crippen molar-refractivity contribution in [3.8, 4) is 0 Å². The Kier molecular flexibility index (Phi) is 4.73. The number of aryl methyl sites for hydroxylation is 1. The van der Waals surface area contributed by atoms with Gasteiger partial charge in [0.25, 0.3) is 5.91 Å². The number of ether oxygens (including phenoxy) is 1. The number of benzene rings is 1. The number of rotatable bonds is 4. The first kappa shape index (κ1) is 15.7. The van der Waals surface area contributed by atoms with E-state index in [1.165, 1.54) is 0 Å². The SMILES string of the molecule is Cc1cccc(NC(=O)c2cc(CN3CCOCC3)on2)c1C. The smallest absolute Gasteiger partial charge is 0.277 e. The summed E-state index contributed by atoms with van der Waals surface area (Å²) in [5.74, 6) is 0.439. The molecule has 122 valence electrons. The third kappa shape index (κ3) is 3.78. The minimum absolute atomic E-state index is 0.254. The molecule has 6 heteroatoms. The number of hydrogen-bond acceptors (Lipinski definition) is 5. The second-order valence-electron chi connectivity index (χ2n) is 5.77. The molecule has 1 aromatic carbocycles. The quantitative estimate of drug-likeness (QED) is 0.938. The van der Waals surface area contributed by atoms with Crippen LogP contribution in [0.5, 0.6) is 0 Å². The number of anilines is 1. The van der Waals surface area contributed by atoms with E-state index in [-0.39, 0.29) is 5.91 Å². The molecule has 0 radical (unpaired) electrons. The molecule has 3 rings (SSSR count). The number of carbonyl (C=O) groups excluding carboxylic acids is 1. The molecule has 2 aromatic rings. The summed E-state index contributed by atoms with van der Waals surface area (Å²) in [5, 5.41) is 6.77. The van der Waals surface area contributed by atoms with Crippen molar-refractivity contribution in [3.63, 3.8) is 0 Å². The van der Waals surface area contributed by atoms with Gasteiger partial charge in [-0.25, -0.2) is 0 Å². The van der Waals surface area contributed by atoms with E-state index in [9.17, 15) is 4.79 Å². The van der Waals surface area contributed by atoms with Gasteiger partial charge in [-0.05, 0) is 31.0 Å². The highest BCUT2D eigenvalue weighted by atomic mass is 16.5. The fraction of sp³-hybridized carbons (Fsp3) is 0.412. The van der Waals surface area contributed by atoms with Crippen LogP contribution in [-0.2, 0) is 11.3 Å². The first-order valence-electron chi connectivity index (χ1n) is 7.77.